The first kappa shape index (κ1) is 13.4. The van der Waals surface area contributed by atoms with Crippen LogP contribution in [0, 0.1) is 6.92 Å². The van der Waals surface area contributed by atoms with Crippen LogP contribution in [0.5, 0.6) is 5.75 Å². The molecular formula is C16H14ClNO. The lowest BCUT2D eigenvalue weighted by Crippen LogP contribution is -1.88. The molecule has 0 radical (unpaired) electrons. The SMILES string of the molecule is C=Cc1cc(C)cc(C=Nc2ccc(Cl)cc2)c1O. The molecule has 0 aliphatic heterocycles. The van der Waals surface area contributed by atoms with Crippen molar-refractivity contribution in [2.75, 3.05) is 0 Å². The van der Waals surface area contributed by atoms with E-state index in [2.05, 4.69) is 11.6 Å². The topological polar surface area (TPSA) is 32.6 Å². The van der Waals surface area contributed by atoms with E-state index in [4.69, 9.17) is 11.6 Å². The summed E-state index contributed by atoms with van der Waals surface area (Å²) in [6.07, 6.45) is 3.26. The maximum Gasteiger partial charge on any atom is 0.131 e. The van der Waals surface area contributed by atoms with Gasteiger partial charge in [-0.25, -0.2) is 0 Å². The number of aliphatic imine (C=N–C) groups is 1. The van der Waals surface area contributed by atoms with Gasteiger partial charge in [0.15, 0.2) is 0 Å². The summed E-state index contributed by atoms with van der Waals surface area (Å²) in [5, 5.41) is 10.7. The van der Waals surface area contributed by atoms with Crippen molar-refractivity contribution in [1.29, 1.82) is 0 Å². The van der Waals surface area contributed by atoms with Gasteiger partial charge in [0.1, 0.15) is 5.75 Å². The molecule has 0 fully saturated rings. The Morgan fingerprint density at radius 2 is 1.79 bits per heavy atom. The Kier molecular flexibility index (Phi) is 4.03. The fourth-order valence-corrected chi connectivity index (χ4v) is 1.89. The van der Waals surface area contributed by atoms with Crippen molar-refractivity contribution in [3.05, 3.63) is 64.7 Å². The van der Waals surface area contributed by atoms with E-state index in [1.54, 1.807) is 24.4 Å². The Balaban J connectivity index is 2.35. The van der Waals surface area contributed by atoms with Gasteiger partial charge >= 0.3 is 0 Å². The van der Waals surface area contributed by atoms with Gasteiger partial charge in [-0.1, -0.05) is 24.3 Å². The molecule has 2 aromatic rings. The summed E-state index contributed by atoms with van der Waals surface area (Å²) in [4.78, 5) is 4.32. The molecule has 0 aromatic heterocycles. The van der Waals surface area contributed by atoms with Crippen molar-refractivity contribution in [2.24, 2.45) is 4.99 Å². The van der Waals surface area contributed by atoms with Gasteiger partial charge in [0.05, 0.1) is 5.69 Å². The van der Waals surface area contributed by atoms with Crippen LogP contribution in [0.4, 0.5) is 5.69 Å². The average molecular weight is 272 g/mol. The van der Waals surface area contributed by atoms with Crippen molar-refractivity contribution in [2.45, 2.75) is 6.92 Å². The smallest absolute Gasteiger partial charge is 0.131 e. The molecule has 2 nitrogen and oxygen atoms in total. The second-order valence-corrected chi connectivity index (χ2v) is 4.67. The van der Waals surface area contributed by atoms with Crippen LogP contribution in [-0.4, -0.2) is 11.3 Å². The quantitative estimate of drug-likeness (QED) is 0.803. The Morgan fingerprint density at radius 3 is 2.42 bits per heavy atom. The van der Waals surface area contributed by atoms with Crippen molar-refractivity contribution < 1.29 is 5.11 Å². The lowest BCUT2D eigenvalue weighted by Gasteiger charge is -2.05. The van der Waals surface area contributed by atoms with E-state index in [0.29, 0.717) is 16.1 Å². The van der Waals surface area contributed by atoms with Gasteiger partial charge in [-0.05, 0) is 48.9 Å². The zero-order valence-electron chi connectivity index (χ0n) is 10.6. The number of rotatable bonds is 3. The lowest BCUT2D eigenvalue weighted by molar-refractivity contribution is 0.473. The van der Waals surface area contributed by atoms with Crippen molar-refractivity contribution >= 4 is 29.6 Å². The second-order valence-electron chi connectivity index (χ2n) is 4.23. The Hall–Kier alpha value is -2.06. The van der Waals surface area contributed by atoms with E-state index in [-0.39, 0.29) is 5.75 Å². The standard InChI is InChI=1S/C16H14ClNO/c1-3-12-8-11(2)9-13(16(12)19)10-18-15-6-4-14(17)5-7-15/h3-10,19H,1H2,2H3. The lowest BCUT2D eigenvalue weighted by atomic mass is 10.1. The Morgan fingerprint density at radius 1 is 1.16 bits per heavy atom. The molecule has 0 saturated heterocycles. The maximum atomic E-state index is 10.1. The zero-order chi connectivity index (χ0) is 13.8. The van der Waals surface area contributed by atoms with Gasteiger partial charge in [0.2, 0.25) is 0 Å². The number of phenols is 1. The summed E-state index contributed by atoms with van der Waals surface area (Å²) in [6.45, 7) is 5.65. The summed E-state index contributed by atoms with van der Waals surface area (Å²) in [7, 11) is 0. The van der Waals surface area contributed by atoms with E-state index in [9.17, 15) is 5.11 Å². The van der Waals surface area contributed by atoms with Gasteiger partial charge in [0.25, 0.3) is 0 Å². The Bertz CT molecular complexity index is 630. The molecule has 0 spiro atoms. The summed E-state index contributed by atoms with van der Waals surface area (Å²) < 4.78 is 0. The molecule has 0 unspecified atom stereocenters. The molecule has 0 aliphatic carbocycles. The van der Waals surface area contributed by atoms with Crippen LogP contribution >= 0.6 is 11.6 Å². The highest BCUT2D eigenvalue weighted by Gasteiger charge is 2.04. The van der Waals surface area contributed by atoms with E-state index in [1.807, 2.05) is 31.2 Å². The number of aromatic hydroxyl groups is 1. The molecule has 19 heavy (non-hydrogen) atoms. The molecule has 0 amide bonds. The second kappa shape index (κ2) is 5.72. The number of phenolic OH excluding ortho intramolecular Hbond substituents is 1. The zero-order valence-corrected chi connectivity index (χ0v) is 11.4. The predicted octanol–water partition coefficient (Wildman–Crippen LogP) is 4.75. The number of nitrogens with zero attached hydrogens (tertiary/aromatic N) is 1. The molecule has 0 heterocycles. The molecule has 1 N–H and O–H groups in total. The molecule has 0 bridgehead atoms. The molecule has 3 heteroatoms. The number of hydrogen-bond acceptors (Lipinski definition) is 2. The number of benzene rings is 2. The molecular weight excluding hydrogens is 258 g/mol. The maximum absolute atomic E-state index is 10.1. The number of hydrogen-bond donors (Lipinski definition) is 1. The van der Waals surface area contributed by atoms with Gasteiger partial charge < -0.3 is 5.11 Å². The first-order valence-corrected chi connectivity index (χ1v) is 6.23. The minimum Gasteiger partial charge on any atom is -0.507 e. The van der Waals surface area contributed by atoms with Crippen molar-refractivity contribution in [3.63, 3.8) is 0 Å². The monoisotopic (exact) mass is 271 g/mol. The van der Waals surface area contributed by atoms with E-state index in [1.165, 1.54) is 0 Å². The van der Waals surface area contributed by atoms with Crippen LogP contribution in [0.2, 0.25) is 5.02 Å². The summed E-state index contributed by atoms with van der Waals surface area (Å²) in [6, 6.07) is 10.9. The number of halogens is 1. The molecule has 0 saturated carbocycles. The molecule has 0 aliphatic rings. The largest absolute Gasteiger partial charge is 0.507 e. The average Bonchev–Trinajstić information content (AvgIpc) is 2.41. The third-order valence-corrected chi connectivity index (χ3v) is 2.96. The van der Waals surface area contributed by atoms with Crippen LogP contribution in [-0.2, 0) is 0 Å². The molecule has 96 valence electrons. The van der Waals surface area contributed by atoms with Gasteiger partial charge in [0, 0.05) is 22.4 Å². The van der Waals surface area contributed by atoms with Crippen LogP contribution in [0.15, 0.2) is 48.0 Å². The Labute approximate surface area is 117 Å². The number of aryl methyl sites for hydroxylation is 1. The summed E-state index contributed by atoms with van der Waals surface area (Å²) >= 11 is 5.81. The van der Waals surface area contributed by atoms with Crippen molar-refractivity contribution in [3.8, 4) is 5.75 Å². The van der Waals surface area contributed by atoms with Gasteiger partial charge in [-0.2, -0.15) is 0 Å². The highest BCUT2D eigenvalue weighted by molar-refractivity contribution is 6.30. The summed E-state index contributed by atoms with van der Waals surface area (Å²) in [5.41, 5.74) is 3.21. The first-order valence-electron chi connectivity index (χ1n) is 5.86. The van der Waals surface area contributed by atoms with Crippen LogP contribution in [0.3, 0.4) is 0 Å². The van der Waals surface area contributed by atoms with E-state index < -0.39 is 0 Å². The van der Waals surface area contributed by atoms with Crippen LogP contribution < -0.4 is 0 Å². The molecule has 2 rings (SSSR count). The van der Waals surface area contributed by atoms with Crippen molar-refractivity contribution in [1.82, 2.24) is 0 Å². The highest BCUT2D eigenvalue weighted by Crippen LogP contribution is 2.25. The van der Waals surface area contributed by atoms with Gasteiger partial charge in [-0.3, -0.25) is 4.99 Å². The van der Waals surface area contributed by atoms with Crippen LogP contribution in [0.25, 0.3) is 6.08 Å². The summed E-state index contributed by atoms with van der Waals surface area (Å²) in [5.74, 6) is 0.193. The highest BCUT2D eigenvalue weighted by atomic mass is 35.5. The van der Waals surface area contributed by atoms with Gasteiger partial charge in [-0.15, -0.1) is 0 Å². The third-order valence-electron chi connectivity index (χ3n) is 2.71. The van der Waals surface area contributed by atoms with E-state index in [0.717, 1.165) is 11.3 Å². The predicted molar refractivity (Wildman–Crippen MR) is 81.6 cm³/mol. The third kappa shape index (κ3) is 3.24. The van der Waals surface area contributed by atoms with Crippen LogP contribution in [0.1, 0.15) is 16.7 Å². The fraction of sp³-hybridized carbons (Fsp3) is 0.0625. The molecule has 0 atom stereocenters. The minimum absolute atomic E-state index is 0.193. The minimum atomic E-state index is 0.193. The molecule has 2 aromatic carbocycles. The fourth-order valence-electron chi connectivity index (χ4n) is 1.76. The first-order chi connectivity index (χ1) is 9.10. The van der Waals surface area contributed by atoms with E-state index >= 15 is 0 Å². The normalized spacial score (nSPS) is 10.8.